The van der Waals surface area contributed by atoms with Crippen molar-refractivity contribution in [3.63, 3.8) is 0 Å². The maximum absolute atomic E-state index is 12.9. The van der Waals surface area contributed by atoms with E-state index in [1.165, 1.54) is 38.8 Å². The molecule has 1 aromatic heterocycles. The topological polar surface area (TPSA) is 49.3 Å². The molecule has 1 amide bonds. The molecule has 3 rings (SSSR count). The van der Waals surface area contributed by atoms with Crippen LogP contribution in [0.5, 0.6) is 0 Å². The van der Waals surface area contributed by atoms with Gasteiger partial charge < -0.3 is 9.80 Å². The standard InChI is InChI=1S/C17H26N4O/c1-14-11-19-16(12-18-14)17(22)21-10-4-2-3-7-15(21)13-20-8-5-6-9-20/h11-12,15H,2-10,13H2,1H3. The molecule has 1 unspecified atom stereocenters. The van der Waals surface area contributed by atoms with Crippen molar-refractivity contribution in [3.05, 3.63) is 23.8 Å². The number of rotatable bonds is 3. The molecule has 1 aromatic rings. The molecular weight excluding hydrogens is 276 g/mol. The highest BCUT2D eigenvalue weighted by Gasteiger charge is 2.29. The van der Waals surface area contributed by atoms with Crippen molar-refractivity contribution in [2.45, 2.75) is 51.5 Å². The number of aromatic nitrogens is 2. The summed E-state index contributed by atoms with van der Waals surface area (Å²) in [5, 5.41) is 0. The summed E-state index contributed by atoms with van der Waals surface area (Å²) in [7, 11) is 0. The molecule has 3 heterocycles. The van der Waals surface area contributed by atoms with E-state index in [-0.39, 0.29) is 5.91 Å². The lowest BCUT2D eigenvalue weighted by atomic mass is 10.1. The van der Waals surface area contributed by atoms with Gasteiger partial charge in [-0.1, -0.05) is 12.8 Å². The lowest BCUT2D eigenvalue weighted by Gasteiger charge is -2.32. The molecule has 22 heavy (non-hydrogen) atoms. The molecular formula is C17H26N4O. The molecule has 0 aromatic carbocycles. The van der Waals surface area contributed by atoms with Crippen LogP contribution in [0.25, 0.3) is 0 Å². The molecule has 1 atom stereocenters. The second kappa shape index (κ2) is 7.18. The Hall–Kier alpha value is -1.49. The Morgan fingerprint density at radius 1 is 1.09 bits per heavy atom. The zero-order valence-electron chi connectivity index (χ0n) is 13.5. The van der Waals surface area contributed by atoms with Crippen molar-refractivity contribution in [2.24, 2.45) is 0 Å². The molecule has 0 aliphatic carbocycles. The van der Waals surface area contributed by atoms with E-state index in [9.17, 15) is 4.79 Å². The summed E-state index contributed by atoms with van der Waals surface area (Å²) in [6.07, 6.45) is 10.6. The number of nitrogens with zero attached hydrogens (tertiary/aromatic N) is 4. The third-order valence-electron chi connectivity index (χ3n) is 4.81. The van der Waals surface area contributed by atoms with Gasteiger partial charge in [-0.2, -0.15) is 0 Å². The summed E-state index contributed by atoms with van der Waals surface area (Å²) in [6, 6.07) is 0.330. The van der Waals surface area contributed by atoms with Gasteiger partial charge in [-0.3, -0.25) is 9.78 Å². The second-order valence-corrected chi connectivity index (χ2v) is 6.55. The van der Waals surface area contributed by atoms with E-state index in [0.717, 1.165) is 31.6 Å². The van der Waals surface area contributed by atoms with Crippen LogP contribution in [0.1, 0.15) is 54.7 Å². The summed E-state index contributed by atoms with van der Waals surface area (Å²) in [5.74, 6) is 0.0543. The van der Waals surface area contributed by atoms with E-state index in [1.54, 1.807) is 12.4 Å². The van der Waals surface area contributed by atoms with Crippen LogP contribution in [0.4, 0.5) is 0 Å². The molecule has 2 aliphatic heterocycles. The summed E-state index contributed by atoms with van der Waals surface area (Å²) < 4.78 is 0. The van der Waals surface area contributed by atoms with Crippen LogP contribution >= 0.6 is 0 Å². The zero-order valence-corrected chi connectivity index (χ0v) is 13.5. The summed E-state index contributed by atoms with van der Waals surface area (Å²) in [5.41, 5.74) is 1.33. The van der Waals surface area contributed by atoms with Gasteiger partial charge >= 0.3 is 0 Å². The molecule has 2 fully saturated rings. The molecule has 0 bridgehead atoms. The van der Waals surface area contributed by atoms with E-state index >= 15 is 0 Å². The van der Waals surface area contributed by atoms with E-state index in [2.05, 4.69) is 19.8 Å². The van der Waals surface area contributed by atoms with Crippen molar-refractivity contribution in [1.82, 2.24) is 19.8 Å². The van der Waals surface area contributed by atoms with E-state index < -0.39 is 0 Å². The first-order valence-electron chi connectivity index (χ1n) is 8.56. The van der Waals surface area contributed by atoms with Crippen LogP contribution in [0.2, 0.25) is 0 Å². The monoisotopic (exact) mass is 302 g/mol. The maximum Gasteiger partial charge on any atom is 0.274 e. The summed E-state index contributed by atoms with van der Waals surface area (Å²) in [6.45, 7) is 6.13. The summed E-state index contributed by atoms with van der Waals surface area (Å²) >= 11 is 0. The number of likely N-dealkylation sites (tertiary alicyclic amines) is 2. The van der Waals surface area contributed by atoms with Crippen LogP contribution < -0.4 is 0 Å². The van der Waals surface area contributed by atoms with Crippen molar-refractivity contribution >= 4 is 5.91 Å². The number of amides is 1. The highest BCUT2D eigenvalue weighted by molar-refractivity contribution is 5.92. The van der Waals surface area contributed by atoms with Crippen LogP contribution in [0.15, 0.2) is 12.4 Å². The molecule has 0 saturated carbocycles. The molecule has 0 spiro atoms. The molecule has 0 radical (unpaired) electrons. The lowest BCUT2D eigenvalue weighted by molar-refractivity contribution is 0.0636. The van der Waals surface area contributed by atoms with Gasteiger partial charge in [-0.05, 0) is 45.7 Å². The maximum atomic E-state index is 12.9. The largest absolute Gasteiger partial charge is 0.333 e. The first-order valence-corrected chi connectivity index (χ1v) is 8.56. The first kappa shape index (κ1) is 15.4. The van der Waals surface area contributed by atoms with Crippen molar-refractivity contribution < 1.29 is 4.79 Å². The SMILES string of the molecule is Cc1cnc(C(=O)N2CCCCCC2CN2CCCC2)cn1. The molecule has 120 valence electrons. The van der Waals surface area contributed by atoms with Gasteiger partial charge in [-0.15, -0.1) is 0 Å². The molecule has 5 heteroatoms. The van der Waals surface area contributed by atoms with Gasteiger partial charge in [0, 0.05) is 25.3 Å². The Labute approximate surface area is 132 Å². The minimum Gasteiger partial charge on any atom is -0.333 e. The number of hydrogen-bond donors (Lipinski definition) is 0. The average Bonchev–Trinajstić information content (AvgIpc) is 2.92. The van der Waals surface area contributed by atoms with Gasteiger partial charge in [0.05, 0.1) is 11.9 Å². The number of aryl methyl sites for hydroxylation is 1. The van der Waals surface area contributed by atoms with Crippen LogP contribution in [0.3, 0.4) is 0 Å². The average molecular weight is 302 g/mol. The Bertz CT molecular complexity index is 496. The minimum absolute atomic E-state index is 0.0543. The number of carbonyl (C=O) groups excluding carboxylic acids is 1. The van der Waals surface area contributed by atoms with E-state index in [4.69, 9.17) is 0 Å². The van der Waals surface area contributed by atoms with Gasteiger partial charge in [0.15, 0.2) is 0 Å². The zero-order chi connectivity index (χ0) is 15.4. The Morgan fingerprint density at radius 2 is 1.86 bits per heavy atom. The van der Waals surface area contributed by atoms with Crippen molar-refractivity contribution in [3.8, 4) is 0 Å². The smallest absolute Gasteiger partial charge is 0.274 e. The van der Waals surface area contributed by atoms with E-state index in [0.29, 0.717) is 11.7 Å². The Balaban J connectivity index is 1.73. The number of hydrogen-bond acceptors (Lipinski definition) is 4. The third-order valence-corrected chi connectivity index (χ3v) is 4.81. The molecule has 2 saturated heterocycles. The van der Waals surface area contributed by atoms with Crippen molar-refractivity contribution in [1.29, 1.82) is 0 Å². The predicted octanol–water partition coefficient (Wildman–Crippen LogP) is 2.27. The van der Waals surface area contributed by atoms with Gasteiger partial charge in [0.1, 0.15) is 5.69 Å². The number of carbonyl (C=O) groups is 1. The van der Waals surface area contributed by atoms with Crippen LogP contribution in [0, 0.1) is 6.92 Å². The minimum atomic E-state index is 0.0543. The fourth-order valence-corrected chi connectivity index (χ4v) is 3.55. The third kappa shape index (κ3) is 3.64. The highest BCUT2D eigenvalue weighted by atomic mass is 16.2. The predicted molar refractivity (Wildman–Crippen MR) is 85.7 cm³/mol. The highest BCUT2D eigenvalue weighted by Crippen LogP contribution is 2.21. The van der Waals surface area contributed by atoms with Crippen molar-refractivity contribution in [2.75, 3.05) is 26.2 Å². The first-order chi connectivity index (χ1) is 10.7. The lowest BCUT2D eigenvalue weighted by Crippen LogP contribution is -2.46. The fourth-order valence-electron chi connectivity index (χ4n) is 3.55. The fraction of sp³-hybridized carbons (Fsp3) is 0.706. The van der Waals surface area contributed by atoms with Gasteiger partial charge in [-0.25, -0.2) is 4.98 Å². The molecule has 0 N–H and O–H groups in total. The normalized spacial score (nSPS) is 23.5. The van der Waals surface area contributed by atoms with Crippen LogP contribution in [-0.4, -0.2) is 57.9 Å². The Morgan fingerprint density at radius 3 is 2.59 bits per heavy atom. The summed E-state index contributed by atoms with van der Waals surface area (Å²) in [4.78, 5) is 25.9. The molecule has 5 nitrogen and oxygen atoms in total. The second-order valence-electron chi connectivity index (χ2n) is 6.55. The van der Waals surface area contributed by atoms with E-state index in [1.807, 2.05) is 6.92 Å². The Kier molecular flexibility index (Phi) is 5.03. The quantitative estimate of drug-likeness (QED) is 0.859. The van der Waals surface area contributed by atoms with Gasteiger partial charge in [0.25, 0.3) is 5.91 Å². The van der Waals surface area contributed by atoms with Crippen LogP contribution in [-0.2, 0) is 0 Å². The molecule has 2 aliphatic rings. The van der Waals surface area contributed by atoms with Gasteiger partial charge in [0.2, 0.25) is 0 Å².